The number of anilines is 1. The van der Waals surface area contributed by atoms with Crippen LogP contribution in [0.1, 0.15) is 28.8 Å². The van der Waals surface area contributed by atoms with E-state index in [1.807, 2.05) is 48.5 Å². The molecule has 1 aliphatic heterocycles. The van der Waals surface area contributed by atoms with Crippen molar-refractivity contribution in [3.63, 3.8) is 0 Å². The fraction of sp³-hybridized carbons (Fsp3) is 0.280. The topological polar surface area (TPSA) is 65.6 Å². The smallest absolute Gasteiger partial charge is 0.227 e. The minimum Gasteiger partial charge on any atom is -0.467 e. The van der Waals surface area contributed by atoms with E-state index in [-0.39, 0.29) is 6.10 Å². The molecule has 0 aliphatic carbocycles. The first-order valence-corrected chi connectivity index (χ1v) is 10.8. The number of nitrogens with zero attached hydrogens (tertiary/aromatic N) is 4. The third-order valence-electron chi connectivity index (χ3n) is 5.54. The summed E-state index contributed by atoms with van der Waals surface area (Å²) in [6, 6.07) is 24.3. The Morgan fingerprint density at radius 1 is 0.875 bits per heavy atom. The summed E-state index contributed by atoms with van der Waals surface area (Å²) >= 11 is 0. The van der Waals surface area contributed by atoms with E-state index in [2.05, 4.69) is 43.9 Å². The third kappa shape index (κ3) is 4.74. The fourth-order valence-electron chi connectivity index (χ4n) is 3.91. The van der Waals surface area contributed by atoms with E-state index in [1.165, 1.54) is 5.56 Å². The maximum absolute atomic E-state index is 5.98. The Morgan fingerprint density at radius 2 is 1.66 bits per heavy atom. The van der Waals surface area contributed by atoms with Crippen LogP contribution in [0.3, 0.4) is 0 Å². The van der Waals surface area contributed by atoms with Gasteiger partial charge in [-0.2, -0.15) is 0 Å². The van der Waals surface area contributed by atoms with Crippen LogP contribution in [-0.4, -0.2) is 34.5 Å². The first-order valence-electron chi connectivity index (χ1n) is 10.8. The molecule has 3 heterocycles. The predicted octanol–water partition coefficient (Wildman–Crippen LogP) is 4.21. The van der Waals surface area contributed by atoms with Crippen LogP contribution < -0.4 is 4.90 Å². The summed E-state index contributed by atoms with van der Waals surface area (Å²) in [5.41, 5.74) is 2.32. The van der Waals surface area contributed by atoms with Crippen molar-refractivity contribution in [3.05, 3.63) is 102 Å². The lowest BCUT2D eigenvalue weighted by Gasteiger charge is -2.32. The summed E-state index contributed by atoms with van der Waals surface area (Å²) < 4.78 is 19.6. The van der Waals surface area contributed by atoms with Crippen LogP contribution in [0.4, 0.5) is 5.95 Å². The number of hydrogen-bond acceptors (Lipinski definition) is 6. The average Bonchev–Trinajstić information content (AvgIpc) is 3.52. The second kappa shape index (κ2) is 9.80. The molecular weight excluding hydrogens is 404 g/mol. The second-order valence-corrected chi connectivity index (χ2v) is 7.79. The zero-order chi connectivity index (χ0) is 21.6. The summed E-state index contributed by atoms with van der Waals surface area (Å²) in [6.07, 6.45) is 1.55. The van der Waals surface area contributed by atoms with Gasteiger partial charge < -0.3 is 18.8 Å². The molecule has 0 saturated carbocycles. The van der Waals surface area contributed by atoms with Gasteiger partial charge in [-0.05, 0) is 23.3 Å². The summed E-state index contributed by atoms with van der Waals surface area (Å²) in [5, 5.41) is 9.04. The van der Waals surface area contributed by atoms with Gasteiger partial charge in [0.05, 0.1) is 32.6 Å². The predicted molar refractivity (Wildman–Crippen MR) is 120 cm³/mol. The van der Waals surface area contributed by atoms with Crippen molar-refractivity contribution < 1.29 is 13.9 Å². The van der Waals surface area contributed by atoms with E-state index >= 15 is 0 Å². The molecule has 0 unspecified atom stereocenters. The molecule has 0 spiro atoms. The fourth-order valence-corrected chi connectivity index (χ4v) is 3.91. The SMILES string of the molecule is c1ccc(COCc2nnc(N3CCO[C@@H](c4ccco4)C3)n2Cc2ccccc2)cc1. The minimum atomic E-state index is -0.126. The molecule has 7 heteroatoms. The molecular formula is C25H26N4O3. The lowest BCUT2D eigenvalue weighted by atomic mass is 10.2. The summed E-state index contributed by atoms with van der Waals surface area (Å²) in [5.74, 6) is 2.46. The summed E-state index contributed by atoms with van der Waals surface area (Å²) in [6.45, 7) is 3.60. The van der Waals surface area contributed by atoms with Gasteiger partial charge in [0.1, 0.15) is 18.5 Å². The first-order chi connectivity index (χ1) is 15.9. The Morgan fingerprint density at radius 3 is 2.41 bits per heavy atom. The maximum Gasteiger partial charge on any atom is 0.227 e. The molecule has 5 rings (SSSR count). The van der Waals surface area contributed by atoms with E-state index < -0.39 is 0 Å². The van der Waals surface area contributed by atoms with Crippen LogP contribution in [0.15, 0.2) is 83.5 Å². The zero-order valence-corrected chi connectivity index (χ0v) is 17.8. The van der Waals surface area contributed by atoms with Crippen LogP contribution in [-0.2, 0) is 29.2 Å². The van der Waals surface area contributed by atoms with Crippen LogP contribution in [0.2, 0.25) is 0 Å². The maximum atomic E-state index is 5.98. The van der Waals surface area contributed by atoms with Crippen molar-refractivity contribution in [2.45, 2.75) is 25.9 Å². The molecule has 1 aliphatic rings. The van der Waals surface area contributed by atoms with Crippen molar-refractivity contribution in [2.75, 3.05) is 24.6 Å². The van der Waals surface area contributed by atoms with Gasteiger partial charge in [0.2, 0.25) is 5.95 Å². The number of morpholine rings is 1. The lowest BCUT2D eigenvalue weighted by Crippen LogP contribution is -2.40. The van der Waals surface area contributed by atoms with Crippen LogP contribution >= 0.6 is 0 Å². The van der Waals surface area contributed by atoms with E-state index in [9.17, 15) is 0 Å². The van der Waals surface area contributed by atoms with Crippen LogP contribution in [0.5, 0.6) is 0 Å². The monoisotopic (exact) mass is 430 g/mol. The molecule has 1 atom stereocenters. The number of ether oxygens (including phenoxy) is 2. The molecule has 0 bridgehead atoms. The molecule has 2 aromatic heterocycles. The molecule has 164 valence electrons. The standard InChI is InChI=1S/C25H26N4O3/c1-3-8-20(9-4-1)16-29-24(19-30-18-21-10-5-2-6-11-21)26-27-25(29)28-13-15-32-23(17-28)22-12-7-14-31-22/h1-12,14,23H,13,15-19H2/t23-/m1/s1. The summed E-state index contributed by atoms with van der Waals surface area (Å²) in [4.78, 5) is 2.22. The quantitative estimate of drug-likeness (QED) is 0.417. The van der Waals surface area contributed by atoms with E-state index in [4.69, 9.17) is 13.9 Å². The number of aromatic nitrogens is 3. The minimum absolute atomic E-state index is 0.126. The highest BCUT2D eigenvalue weighted by Crippen LogP contribution is 2.26. The van der Waals surface area contributed by atoms with Crippen molar-refractivity contribution in [1.29, 1.82) is 0 Å². The average molecular weight is 431 g/mol. The van der Waals surface area contributed by atoms with Crippen molar-refractivity contribution in [1.82, 2.24) is 14.8 Å². The molecule has 2 aromatic carbocycles. The van der Waals surface area contributed by atoms with Crippen molar-refractivity contribution >= 4 is 5.95 Å². The zero-order valence-electron chi connectivity index (χ0n) is 17.8. The highest BCUT2D eigenvalue weighted by Gasteiger charge is 2.28. The molecule has 0 radical (unpaired) electrons. The number of hydrogen-bond donors (Lipinski definition) is 0. The number of rotatable bonds is 8. The Kier molecular flexibility index (Phi) is 6.28. The third-order valence-corrected chi connectivity index (χ3v) is 5.54. The van der Waals surface area contributed by atoms with Gasteiger partial charge in [-0.25, -0.2) is 0 Å². The largest absolute Gasteiger partial charge is 0.467 e. The Hall–Kier alpha value is -3.42. The van der Waals surface area contributed by atoms with Gasteiger partial charge in [-0.3, -0.25) is 4.57 Å². The van der Waals surface area contributed by atoms with E-state index in [1.54, 1.807) is 6.26 Å². The molecule has 4 aromatic rings. The van der Waals surface area contributed by atoms with Gasteiger partial charge >= 0.3 is 0 Å². The first kappa shape index (κ1) is 20.5. The molecule has 1 fully saturated rings. The van der Waals surface area contributed by atoms with Crippen LogP contribution in [0.25, 0.3) is 0 Å². The molecule has 7 nitrogen and oxygen atoms in total. The highest BCUT2D eigenvalue weighted by atomic mass is 16.5. The number of furan rings is 1. The number of benzene rings is 2. The Bertz CT molecular complexity index is 1100. The Balaban J connectivity index is 1.36. The molecule has 32 heavy (non-hydrogen) atoms. The van der Waals surface area contributed by atoms with Crippen LogP contribution in [0, 0.1) is 0 Å². The molecule has 1 saturated heterocycles. The van der Waals surface area contributed by atoms with Gasteiger partial charge in [-0.15, -0.1) is 10.2 Å². The Labute approximate surface area is 187 Å². The molecule has 0 amide bonds. The molecule has 0 N–H and O–H groups in total. The van der Waals surface area contributed by atoms with Gasteiger partial charge in [-0.1, -0.05) is 60.7 Å². The van der Waals surface area contributed by atoms with Crippen molar-refractivity contribution in [2.24, 2.45) is 0 Å². The summed E-state index contributed by atoms with van der Waals surface area (Å²) in [7, 11) is 0. The normalized spacial score (nSPS) is 16.4. The van der Waals surface area contributed by atoms with Crippen molar-refractivity contribution in [3.8, 4) is 0 Å². The van der Waals surface area contributed by atoms with Gasteiger partial charge in [0.25, 0.3) is 0 Å². The van der Waals surface area contributed by atoms with E-state index in [0.29, 0.717) is 32.9 Å². The van der Waals surface area contributed by atoms with E-state index in [0.717, 1.165) is 29.6 Å². The van der Waals surface area contributed by atoms with Gasteiger partial charge in [0.15, 0.2) is 5.82 Å². The highest BCUT2D eigenvalue weighted by molar-refractivity contribution is 5.34. The lowest BCUT2D eigenvalue weighted by molar-refractivity contribution is 0.0250. The van der Waals surface area contributed by atoms with Gasteiger partial charge in [0, 0.05) is 6.54 Å². The second-order valence-electron chi connectivity index (χ2n) is 7.79.